The van der Waals surface area contributed by atoms with E-state index >= 15 is 0 Å². The van der Waals surface area contributed by atoms with Crippen LogP contribution < -0.4 is 0 Å². The highest BCUT2D eigenvalue weighted by atomic mass is 33.1. The molecule has 0 aromatic rings. The van der Waals surface area contributed by atoms with Gasteiger partial charge in [-0.15, -0.1) is 0 Å². The lowest BCUT2D eigenvalue weighted by Crippen LogP contribution is -2.37. The van der Waals surface area contributed by atoms with Gasteiger partial charge in [-0.25, -0.2) is 8.42 Å². The minimum atomic E-state index is -1.72. The van der Waals surface area contributed by atoms with Crippen LogP contribution >= 0.6 is 21.6 Å². The molecule has 0 radical (unpaired) electrons. The van der Waals surface area contributed by atoms with Crippen LogP contribution in [0.5, 0.6) is 0 Å². The maximum atomic E-state index is 11.6. The summed E-state index contributed by atoms with van der Waals surface area (Å²) in [7, 11) is 3.72. The Bertz CT molecular complexity index is 538. The molecular weight excluding hydrogens is 408 g/mol. The zero-order valence-corrected chi connectivity index (χ0v) is 18.4. The second kappa shape index (κ2) is 7.98. The van der Waals surface area contributed by atoms with Gasteiger partial charge in [0.15, 0.2) is 22.2 Å². The number of hydrogen-bond donors (Lipinski definition) is 2. The van der Waals surface area contributed by atoms with Gasteiger partial charge in [0, 0.05) is 11.5 Å². The molecule has 26 heavy (non-hydrogen) atoms. The first-order chi connectivity index (χ1) is 12.4. The minimum absolute atomic E-state index is 0.0435. The molecule has 4 rings (SSSR count). The molecule has 0 saturated heterocycles. The van der Waals surface area contributed by atoms with Gasteiger partial charge in [0.25, 0.3) is 0 Å². The van der Waals surface area contributed by atoms with Gasteiger partial charge >= 0.3 is 0 Å². The third-order valence-corrected chi connectivity index (χ3v) is 12.2. The number of hydrogen-bond acceptors (Lipinski definition) is 4. The lowest BCUT2D eigenvalue weighted by molar-refractivity contribution is 0.225. The molecule has 8 atom stereocenters. The third kappa shape index (κ3) is 3.97. The Labute approximate surface area is 169 Å². The van der Waals surface area contributed by atoms with Crippen molar-refractivity contribution >= 4 is 43.7 Å². The summed E-state index contributed by atoms with van der Waals surface area (Å²) in [6.07, 6.45) is 9.80. The van der Waals surface area contributed by atoms with Crippen molar-refractivity contribution in [1.29, 1.82) is 0 Å². The first-order valence-electron chi connectivity index (χ1n) is 9.80. The molecule has 0 aliphatic heterocycles. The van der Waals surface area contributed by atoms with Crippen LogP contribution in [-0.2, 0) is 22.2 Å². The van der Waals surface area contributed by atoms with Gasteiger partial charge in [-0.3, -0.25) is 0 Å². The van der Waals surface area contributed by atoms with E-state index in [0.717, 1.165) is 36.2 Å². The average molecular weight is 439 g/mol. The third-order valence-electron chi connectivity index (χ3n) is 7.80. The molecule has 4 aliphatic rings. The standard InChI is InChI=1S/C18H30O4S4/c19-25(20)11-17(7-13-1-3-15(17)5-13)9-23-24-10-18(12-26(21)22)8-14-2-4-16(18)6-14/h13-16H,1-12H2,(H,19,20)(H,21,22)/t13-,14?,15+,16+,17+,18+/m1/s1. The molecule has 4 nitrogen and oxygen atoms in total. The smallest absolute Gasteiger partial charge is 0.153 e. The van der Waals surface area contributed by atoms with Crippen molar-refractivity contribution in [1.82, 2.24) is 0 Å². The van der Waals surface area contributed by atoms with Gasteiger partial charge in [0.1, 0.15) is 0 Å². The normalized spacial score (nSPS) is 46.1. The zero-order chi connectivity index (χ0) is 18.4. The SMILES string of the molecule is O=S(O)C[C@@]1(CSSC[C@]2(CS(=O)O)C[C@@H]3CC[C@H]2C3)CC2CC[C@H]1C2. The highest BCUT2D eigenvalue weighted by Crippen LogP contribution is 2.60. The Balaban J connectivity index is 1.34. The Morgan fingerprint density at radius 3 is 1.46 bits per heavy atom. The predicted octanol–water partition coefficient (Wildman–Crippen LogP) is 4.42. The fraction of sp³-hybridized carbons (Fsp3) is 1.00. The summed E-state index contributed by atoms with van der Waals surface area (Å²) in [5.74, 6) is 5.55. The summed E-state index contributed by atoms with van der Waals surface area (Å²) in [6, 6.07) is 0. The maximum absolute atomic E-state index is 11.6. The highest BCUT2D eigenvalue weighted by Gasteiger charge is 2.53. The Morgan fingerprint density at radius 2 is 1.19 bits per heavy atom. The monoisotopic (exact) mass is 438 g/mol. The first-order valence-corrected chi connectivity index (χ1v) is 14.8. The van der Waals surface area contributed by atoms with E-state index in [-0.39, 0.29) is 10.8 Å². The molecule has 2 N–H and O–H groups in total. The summed E-state index contributed by atoms with van der Waals surface area (Å²) in [5, 5.41) is 0. The van der Waals surface area contributed by atoms with E-state index < -0.39 is 22.2 Å². The molecule has 150 valence electrons. The van der Waals surface area contributed by atoms with Crippen molar-refractivity contribution in [2.75, 3.05) is 23.0 Å². The van der Waals surface area contributed by atoms with E-state index in [2.05, 4.69) is 0 Å². The van der Waals surface area contributed by atoms with Crippen LogP contribution in [-0.4, -0.2) is 40.5 Å². The van der Waals surface area contributed by atoms with Crippen molar-refractivity contribution in [3.05, 3.63) is 0 Å². The van der Waals surface area contributed by atoms with Crippen LogP contribution in [0.1, 0.15) is 51.4 Å². The molecular formula is C18H30O4S4. The molecule has 4 bridgehead atoms. The van der Waals surface area contributed by atoms with Gasteiger partial charge in [-0.1, -0.05) is 34.4 Å². The lowest BCUT2D eigenvalue weighted by atomic mass is 9.76. The lowest BCUT2D eigenvalue weighted by Gasteiger charge is -2.38. The van der Waals surface area contributed by atoms with Crippen molar-refractivity contribution < 1.29 is 17.5 Å². The fourth-order valence-corrected chi connectivity index (χ4v) is 12.3. The van der Waals surface area contributed by atoms with Crippen LogP contribution in [0, 0.1) is 34.5 Å². The van der Waals surface area contributed by atoms with E-state index in [4.69, 9.17) is 0 Å². The Kier molecular flexibility index (Phi) is 6.20. The second-order valence-electron chi connectivity index (χ2n) is 9.34. The quantitative estimate of drug-likeness (QED) is 0.315. The molecule has 4 saturated carbocycles. The van der Waals surface area contributed by atoms with E-state index in [0.29, 0.717) is 23.3 Å². The van der Waals surface area contributed by atoms with E-state index in [1.54, 1.807) is 0 Å². The van der Waals surface area contributed by atoms with Crippen LogP contribution in [0.3, 0.4) is 0 Å². The van der Waals surface area contributed by atoms with Crippen molar-refractivity contribution in [3.63, 3.8) is 0 Å². The van der Waals surface area contributed by atoms with Crippen LogP contribution in [0.2, 0.25) is 0 Å². The van der Waals surface area contributed by atoms with Crippen molar-refractivity contribution in [3.8, 4) is 0 Å². The summed E-state index contributed by atoms with van der Waals surface area (Å²) in [4.78, 5) is 0. The van der Waals surface area contributed by atoms with Crippen LogP contribution in [0.25, 0.3) is 0 Å². The zero-order valence-electron chi connectivity index (χ0n) is 15.1. The van der Waals surface area contributed by atoms with Gasteiger partial charge in [0.2, 0.25) is 0 Å². The second-order valence-corrected chi connectivity index (χ2v) is 13.7. The van der Waals surface area contributed by atoms with Gasteiger partial charge in [0.05, 0.1) is 11.5 Å². The predicted molar refractivity (Wildman–Crippen MR) is 112 cm³/mol. The summed E-state index contributed by atoms with van der Waals surface area (Å²) in [5.41, 5.74) is 0.0870. The van der Waals surface area contributed by atoms with Crippen LogP contribution in [0.15, 0.2) is 0 Å². The summed E-state index contributed by atoms with van der Waals surface area (Å²) in [6.45, 7) is 0. The van der Waals surface area contributed by atoms with Crippen molar-refractivity contribution in [2.24, 2.45) is 34.5 Å². The molecule has 0 amide bonds. The molecule has 0 aromatic heterocycles. The minimum Gasteiger partial charge on any atom is -0.306 e. The average Bonchev–Trinajstić information content (AvgIpc) is 3.30. The first kappa shape index (κ1) is 20.2. The molecule has 8 heteroatoms. The topological polar surface area (TPSA) is 74.6 Å². The van der Waals surface area contributed by atoms with Gasteiger partial charge in [-0.2, -0.15) is 0 Å². The van der Waals surface area contributed by atoms with Crippen molar-refractivity contribution in [2.45, 2.75) is 51.4 Å². The molecule has 0 spiro atoms. The Hall–Kier alpha value is 0.920. The maximum Gasteiger partial charge on any atom is 0.153 e. The Morgan fingerprint density at radius 1 is 0.769 bits per heavy atom. The molecule has 0 heterocycles. The largest absolute Gasteiger partial charge is 0.306 e. The number of rotatable bonds is 9. The van der Waals surface area contributed by atoms with E-state index in [9.17, 15) is 17.5 Å². The highest BCUT2D eigenvalue weighted by molar-refractivity contribution is 8.76. The van der Waals surface area contributed by atoms with Crippen LogP contribution in [0.4, 0.5) is 0 Å². The van der Waals surface area contributed by atoms with Gasteiger partial charge < -0.3 is 9.11 Å². The van der Waals surface area contributed by atoms with E-state index in [1.165, 1.54) is 38.5 Å². The molecule has 4 fully saturated rings. The summed E-state index contributed by atoms with van der Waals surface area (Å²) < 4.78 is 42.2. The summed E-state index contributed by atoms with van der Waals surface area (Å²) >= 11 is -3.43. The number of fused-ring (bicyclic) bond motifs is 4. The molecule has 4 aliphatic carbocycles. The van der Waals surface area contributed by atoms with E-state index in [1.807, 2.05) is 21.6 Å². The van der Waals surface area contributed by atoms with Gasteiger partial charge in [-0.05, 0) is 73.0 Å². The molecule has 3 unspecified atom stereocenters. The fourth-order valence-electron chi connectivity index (χ4n) is 6.72. The molecule has 0 aromatic carbocycles.